The SMILES string of the molecule is COc1ccc2c(ccn2Cc2c(F)cccc2Cl)c1. The zero-order chi connectivity index (χ0) is 14.1. The van der Waals surface area contributed by atoms with Gasteiger partial charge in [0.05, 0.1) is 13.7 Å². The molecule has 102 valence electrons. The topological polar surface area (TPSA) is 14.2 Å². The van der Waals surface area contributed by atoms with Crippen LogP contribution in [0, 0.1) is 5.82 Å². The maximum Gasteiger partial charge on any atom is 0.129 e. The Morgan fingerprint density at radius 2 is 2.05 bits per heavy atom. The molecule has 0 saturated heterocycles. The molecule has 0 saturated carbocycles. The van der Waals surface area contributed by atoms with E-state index in [2.05, 4.69) is 0 Å². The molecule has 3 aromatic rings. The van der Waals surface area contributed by atoms with Gasteiger partial charge in [-0.2, -0.15) is 0 Å². The largest absolute Gasteiger partial charge is 0.497 e. The molecule has 1 aromatic heterocycles. The van der Waals surface area contributed by atoms with E-state index in [1.54, 1.807) is 19.2 Å². The maximum absolute atomic E-state index is 13.8. The van der Waals surface area contributed by atoms with Crippen LogP contribution in [0.1, 0.15) is 5.56 Å². The smallest absolute Gasteiger partial charge is 0.129 e. The normalized spacial score (nSPS) is 10.9. The molecule has 1 heterocycles. The number of halogens is 2. The average Bonchev–Trinajstić information content (AvgIpc) is 2.85. The van der Waals surface area contributed by atoms with Crippen LogP contribution in [0.2, 0.25) is 5.02 Å². The van der Waals surface area contributed by atoms with E-state index in [1.807, 2.05) is 35.0 Å². The summed E-state index contributed by atoms with van der Waals surface area (Å²) in [7, 11) is 1.64. The van der Waals surface area contributed by atoms with E-state index in [0.29, 0.717) is 17.1 Å². The second kappa shape index (κ2) is 5.17. The summed E-state index contributed by atoms with van der Waals surface area (Å²) in [6, 6.07) is 12.5. The van der Waals surface area contributed by atoms with E-state index in [4.69, 9.17) is 16.3 Å². The third kappa shape index (κ3) is 2.25. The Morgan fingerprint density at radius 1 is 1.20 bits per heavy atom. The summed E-state index contributed by atoms with van der Waals surface area (Å²) in [6.45, 7) is 0.404. The summed E-state index contributed by atoms with van der Waals surface area (Å²) < 4.78 is 21.0. The van der Waals surface area contributed by atoms with E-state index < -0.39 is 0 Å². The lowest BCUT2D eigenvalue weighted by Gasteiger charge is -2.09. The van der Waals surface area contributed by atoms with E-state index >= 15 is 0 Å². The van der Waals surface area contributed by atoms with E-state index in [-0.39, 0.29) is 5.82 Å². The Bertz CT molecular complexity index is 746. The minimum Gasteiger partial charge on any atom is -0.497 e. The molecule has 4 heteroatoms. The Kier molecular flexibility index (Phi) is 3.36. The van der Waals surface area contributed by atoms with Gasteiger partial charge in [-0.3, -0.25) is 0 Å². The second-order valence-electron chi connectivity index (χ2n) is 4.57. The summed E-state index contributed by atoms with van der Waals surface area (Å²) in [5, 5.41) is 1.50. The number of methoxy groups -OCH3 is 1. The summed E-state index contributed by atoms with van der Waals surface area (Å²) in [5.41, 5.74) is 1.52. The summed E-state index contributed by atoms with van der Waals surface area (Å²) in [4.78, 5) is 0. The van der Waals surface area contributed by atoms with Crippen molar-refractivity contribution in [3.05, 3.63) is 65.1 Å². The molecule has 0 amide bonds. The highest BCUT2D eigenvalue weighted by Crippen LogP contribution is 2.25. The van der Waals surface area contributed by atoms with Gasteiger partial charge in [-0.25, -0.2) is 4.39 Å². The molecular formula is C16H13ClFNO. The summed E-state index contributed by atoms with van der Waals surface area (Å²) in [5.74, 6) is 0.520. The lowest BCUT2D eigenvalue weighted by molar-refractivity contribution is 0.415. The Labute approximate surface area is 121 Å². The molecule has 2 nitrogen and oxygen atoms in total. The number of hydrogen-bond acceptors (Lipinski definition) is 1. The molecule has 3 rings (SSSR count). The Balaban J connectivity index is 2.03. The van der Waals surface area contributed by atoms with Crippen LogP contribution in [0.25, 0.3) is 10.9 Å². The van der Waals surface area contributed by atoms with Crippen LogP contribution in [0.5, 0.6) is 5.75 Å². The lowest BCUT2D eigenvalue weighted by Crippen LogP contribution is -2.01. The molecule has 2 aromatic carbocycles. The van der Waals surface area contributed by atoms with E-state index in [9.17, 15) is 4.39 Å². The van der Waals surface area contributed by atoms with Gasteiger partial charge in [-0.05, 0) is 36.4 Å². The quantitative estimate of drug-likeness (QED) is 0.693. The molecule has 0 atom stereocenters. The molecule has 0 unspecified atom stereocenters. The first kappa shape index (κ1) is 13.0. The minimum absolute atomic E-state index is 0.284. The zero-order valence-electron chi connectivity index (χ0n) is 10.9. The van der Waals surface area contributed by atoms with E-state index in [1.165, 1.54) is 6.07 Å². The fourth-order valence-corrected chi connectivity index (χ4v) is 2.52. The van der Waals surface area contributed by atoms with Crippen molar-refractivity contribution in [1.29, 1.82) is 0 Å². The molecule has 20 heavy (non-hydrogen) atoms. The third-order valence-corrected chi connectivity index (χ3v) is 3.72. The first-order valence-electron chi connectivity index (χ1n) is 6.25. The first-order valence-corrected chi connectivity index (χ1v) is 6.62. The molecule has 0 aliphatic heterocycles. The van der Waals surface area contributed by atoms with Crippen LogP contribution < -0.4 is 4.74 Å². The van der Waals surface area contributed by atoms with Gasteiger partial charge in [-0.1, -0.05) is 17.7 Å². The molecule has 0 radical (unpaired) electrons. The van der Waals surface area contributed by atoms with Crippen molar-refractivity contribution in [3.63, 3.8) is 0 Å². The standard InChI is InChI=1S/C16H13ClFNO/c1-20-12-5-6-16-11(9-12)7-8-19(16)10-13-14(17)3-2-4-15(13)18/h2-9H,10H2,1H3. The van der Waals surface area contributed by atoms with Crippen molar-refractivity contribution in [2.45, 2.75) is 6.54 Å². The van der Waals surface area contributed by atoms with Crippen LogP contribution in [-0.4, -0.2) is 11.7 Å². The summed E-state index contributed by atoms with van der Waals surface area (Å²) in [6.07, 6.45) is 1.92. The van der Waals surface area contributed by atoms with E-state index in [0.717, 1.165) is 16.7 Å². The fourth-order valence-electron chi connectivity index (χ4n) is 2.30. The molecular weight excluding hydrogens is 277 g/mol. The van der Waals surface area contributed by atoms with Crippen molar-refractivity contribution < 1.29 is 9.13 Å². The van der Waals surface area contributed by atoms with Gasteiger partial charge < -0.3 is 9.30 Å². The van der Waals surface area contributed by atoms with Gasteiger partial charge >= 0.3 is 0 Å². The maximum atomic E-state index is 13.8. The number of benzene rings is 2. The van der Waals surface area contributed by atoms with Crippen molar-refractivity contribution in [2.75, 3.05) is 7.11 Å². The van der Waals surface area contributed by atoms with Gasteiger partial charge in [-0.15, -0.1) is 0 Å². The number of aromatic nitrogens is 1. The van der Waals surface area contributed by atoms with Gasteiger partial charge in [0.15, 0.2) is 0 Å². The van der Waals surface area contributed by atoms with Crippen LogP contribution in [0.4, 0.5) is 4.39 Å². The van der Waals surface area contributed by atoms with Gasteiger partial charge in [0.2, 0.25) is 0 Å². The van der Waals surface area contributed by atoms with Crippen molar-refractivity contribution in [3.8, 4) is 5.75 Å². The first-order chi connectivity index (χ1) is 9.69. The summed E-state index contributed by atoms with van der Waals surface area (Å²) >= 11 is 6.07. The Hall–Kier alpha value is -2.00. The van der Waals surface area contributed by atoms with Crippen LogP contribution in [0.15, 0.2) is 48.7 Å². The molecule has 0 N–H and O–H groups in total. The number of nitrogens with zero attached hydrogens (tertiary/aromatic N) is 1. The predicted molar refractivity (Wildman–Crippen MR) is 79.0 cm³/mol. The Morgan fingerprint density at radius 3 is 2.80 bits per heavy atom. The molecule has 0 fully saturated rings. The highest BCUT2D eigenvalue weighted by molar-refractivity contribution is 6.31. The van der Waals surface area contributed by atoms with Crippen molar-refractivity contribution in [2.24, 2.45) is 0 Å². The molecule has 0 spiro atoms. The number of hydrogen-bond donors (Lipinski definition) is 0. The van der Waals surface area contributed by atoms with Gasteiger partial charge in [0, 0.05) is 27.7 Å². The average molecular weight is 290 g/mol. The monoisotopic (exact) mass is 289 g/mol. The fraction of sp³-hybridized carbons (Fsp3) is 0.125. The zero-order valence-corrected chi connectivity index (χ0v) is 11.7. The van der Waals surface area contributed by atoms with Crippen molar-refractivity contribution >= 4 is 22.5 Å². The van der Waals surface area contributed by atoms with Crippen LogP contribution in [0.3, 0.4) is 0 Å². The highest BCUT2D eigenvalue weighted by Gasteiger charge is 2.09. The highest BCUT2D eigenvalue weighted by atomic mass is 35.5. The van der Waals surface area contributed by atoms with Crippen molar-refractivity contribution in [1.82, 2.24) is 4.57 Å². The molecule has 0 aliphatic rings. The molecule has 0 bridgehead atoms. The van der Waals surface area contributed by atoms with Crippen LogP contribution in [-0.2, 0) is 6.54 Å². The van der Waals surface area contributed by atoms with Gasteiger partial charge in [0.25, 0.3) is 0 Å². The van der Waals surface area contributed by atoms with Crippen LogP contribution >= 0.6 is 11.6 Å². The predicted octanol–water partition coefficient (Wildman–Crippen LogP) is 4.49. The second-order valence-corrected chi connectivity index (χ2v) is 4.98. The lowest BCUT2D eigenvalue weighted by atomic mass is 10.2. The number of fused-ring (bicyclic) bond motifs is 1. The van der Waals surface area contributed by atoms with Gasteiger partial charge in [0.1, 0.15) is 11.6 Å². The number of ether oxygens (including phenoxy) is 1. The molecule has 0 aliphatic carbocycles. The third-order valence-electron chi connectivity index (χ3n) is 3.37. The minimum atomic E-state index is -0.284. The number of rotatable bonds is 3.